The third-order valence-electron chi connectivity index (χ3n) is 0.935. The van der Waals surface area contributed by atoms with E-state index in [1.54, 1.807) is 0 Å². The van der Waals surface area contributed by atoms with E-state index < -0.39 is 11.7 Å². The van der Waals surface area contributed by atoms with Crippen LogP contribution in [0.15, 0.2) is 36.6 Å². The number of carboxylic acids is 1. The molecule has 0 atom stereocenters. The molecule has 0 fully saturated rings. The number of aliphatic hydroxyl groups excluding tert-OH is 1. The average Bonchev–Trinajstić information content (AvgIpc) is 2.03. The summed E-state index contributed by atoms with van der Waals surface area (Å²) in [7, 11) is 0. The molecule has 12 heavy (non-hydrogen) atoms. The van der Waals surface area contributed by atoms with Gasteiger partial charge in [0, 0.05) is 0 Å². The Bertz CT molecular complexity index is 260. The quantitative estimate of drug-likeness (QED) is 0.370. The van der Waals surface area contributed by atoms with E-state index in [0.717, 1.165) is 24.3 Å². The van der Waals surface area contributed by atoms with E-state index in [2.05, 4.69) is 6.58 Å². The summed E-state index contributed by atoms with van der Waals surface area (Å²) >= 11 is 0. The topological polar surface area (TPSA) is 74.6 Å². The molecule has 0 aromatic carbocycles. The molecule has 0 aromatic rings. The Labute approximate surface area is 69.1 Å². The summed E-state index contributed by atoms with van der Waals surface area (Å²) in [4.78, 5) is 20.5. The lowest BCUT2D eigenvalue weighted by Crippen LogP contribution is -1.97. The van der Waals surface area contributed by atoms with Gasteiger partial charge in [-0.2, -0.15) is 0 Å². The van der Waals surface area contributed by atoms with Gasteiger partial charge >= 0.3 is 5.97 Å². The molecular formula is C8H8O4. The van der Waals surface area contributed by atoms with Gasteiger partial charge in [0.2, 0.25) is 5.76 Å². The van der Waals surface area contributed by atoms with Gasteiger partial charge in [0.05, 0.1) is 0 Å². The van der Waals surface area contributed by atoms with E-state index in [-0.39, 0.29) is 5.78 Å². The number of carboxylic acid groups (broad SMARTS) is 1. The Balaban J connectivity index is 4.21. The Morgan fingerprint density at radius 2 is 1.83 bits per heavy atom. The van der Waals surface area contributed by atoms with E-state index >= 15 is 0 Å². The smallest absolute Gasteiger partial charge is 0.370 e. The minimum Gasteiger partial charge on any atom is -0.502 e. The molecular weight excluding hydrogens is 160 g/mol. The summed E-state index contributed by atoms with van der Waals surface area (Å²) in [5.41, 5.74) is 0. The van der Waals surface area contributed by atoms with E-state index in [1.165, 1.54) is 0 Å². The molecule has 0 heterocycles. The minimum absolute atomic E-state index is 0.357. The van der Waals surface area contributed by atoms with Gasteiger partial charge in [0.1, 0.15) is 0 Å². The highest BCUT2D eigenvalue weighted by molar-refractivity contribution is 5.99. The Morgan fingerprint density at radius 1 is 1.25 bits per heavy atom. The number of rotatable bonds is 4. The number of aliphatic carboxylic acids is 1. The summed E-state index contributed by atoms with van der Waals surface area (Å²) in [6, 6.07) is 0. The number of allylic oxidation sites excluding steroid dienone is 4. The standard InChI is InChI=1S/C8H8O4/c1-2-6(9)4-3-5-7(10)8(11)12/h2-5,10H,1H2,(H,11,12)/b4-3-,7-5+. The fourth-order valence-corrected chi connectivity index (χ4v) is 0.373. The summed E-state index contributed by atoms with van der Waals surface area (Å²) in [5, 5.41) is 16.7. The normalized spacial score (nSPS) is 11.5. The molecule has 0 rings (SSSR count). The lowest BCUT2D eigenvalue weighted by molar-refractivity contribution is -0.135. The highest BCUT2D eigenvalue weighted by atomic mass is 16.4. The van der Waals surface area contributed by atoms with E-state index in [9.17, 15) is 9.59 Å². The van der Waals surface area contributed by atoms with Crippen molar-refractivity contribution in [3.8, 4) is 0 Å². The van der Waals surface area contributed by atoms with E-state index in [1.807, 2.05) is 0 Å². The first-order valence-corrected chi connectivity index (χ1v) is 3.05. The first kappa shape index (κ1) is 10.2. The summed E-state index contributed by atoms with van der Waals surface area (Å²) in [6.07, 6.45) is 4.20. The molecule has 4 nitrogen and oxygen atoms in total. The number of ketones is 1. The van der Waals surface area contributed by atoms with Crippen LogP contribution in [0.25, 0.3) is 0 Å². The van der Waals surface area contributed by atoms with Crippen LogP contribution >= 0.6 is 0 Å². The molecule has 0 aliphatic carbocycles. The highest BCUT2D eigenvalue weighted by Crippen LogP contribution is 1.89. The molecule has 0 aliphatic rings. The minimum atomic E-state index is -1.44. The predicted octanol–water partition coefficient (Wildman–Crippen LogP) is 0.824. The van der Waals surface area contributed by atoms with Crippen LogP contribution in [0.3, 0.4) is 0 Å². The van der Waals surface area contributed by atoms with Crippen molar-refractivity contribution in [1.29, 1.82) is 0 Å². The fraction of sp³-hybridized carbons (Fsp3) is 0. The Hall–Kier alpha value is -1.84. The second-order valence-electron chi connectivity index (χ2n) is 1.82. The molecule has 0 amide bonds. The second kappa shape index (κ2) is 4.90. The molecule has 0 unspecified atom stereocenters. The van der Waals surface area contributed by atoms with Crippen molar-refractivity contribution in [3.05, 3.63) is 36.6 Å². The van der Waals surface area contributed by atoms with Gasteiger partial charge < -0.3 is 10.2 Å². The molecule has 64 valence electrons. The highest BCUT2D eigenvalue weighted by Gasteiger charge is 1.99. The van der Waals surface area contributed by atoms with Crippen LogP contribution in [0.4, 0.5) is 0 Å². The number of carbonyl (C=O) groups is 2. The van der Waals surface area contributed by atoms with Gasteiger partial charge in [-0.25, -0.2) is 4.79 Å². The monoisotopic (exact) mass is 168 g/mol. The van der Waals surface area contributed by atoms with E-state index in [0.29, 0.717) is 0 Å². The van der Waals surface area contributed by atoms with Crippen molar-refractivity contribution in [2.45, 2.75) is 0 Å². The molecule has 0 saturated carbocycles. The van der Waals surface area contributed by atoms with Crippen LogP contribution in [-0.2, 0) is 9.59 Å². The summed E-state index contributed by atoms with van der Waals surface area (Å²) < 4.78 is 0. The van der Waals surface area contributed by atoms with Gasteiger partial charge in [-0.3, -0.25) is 4.79 Å². The zero-order chi connectivity index (χ0) is 9.56. The zero-order valence-electron chi connectivity index (χ0n) is 6.23. The first-order valence-electron chi connectivity index (χ1n) is 3.05. The number of hydrogen-bond donors (Lipinski definition) is 2. The first-order chi connectivity index (χ1) is 5.57. The van der Waals surface area contributed by atoms with Gasteiger partial charge in [-0.15, -0.1) is 0 Å². The Morgan fingerprint density at radius 3 is 2.25 bits per heavy atom. The van der Waals surface area contributed by atoms with Crippen molar-refractivity contribution >= 4 is 11.8 Å². The van der Waals surface area contributed by atoms with Crippen molar-refractivity contribution in [2.24, 2.45) is 0 Å². The summed E-state index contributed by atoms with van der Waals surface area (Å²) in [5.74, 6) is -2.61. The average molecular weight is 168 g/mol. The van der Waals surface area contributed by atoms with Crippen molar-refractivity contribution < 1.29 is 19.8 Å². The molecule has 0 saturated heterocycles. The van der Waals surface area contributed by atoms with Gasteiger partial charge in [0.15, 0.2) is 5.78 Å². The fourth-order valence-electron chi connectivity index (χ4n) is 0.373. The van der Waals surface area contributed by atoms with Crippen LogP contribution in [0.5, 0.6) is 0 Å². The van der Waals surface area contributed by atoms with Crippen molar-refractivity contribution in [1.82, 2.24) is 0 Å². The van der Waals surface area contributed by atoms with Crippen LogP contribution in [0, 0.1) is 0 Å². The van der Waals surface area contributed by atoms with Crippen LogP contribution in [0.2, 0.25) is 0 Å². The molecule has 0 aliphatic heterocycles. The maximum absolute atomic E-state index is 10.5. The maximum Gasteiger partial charge on any atom is 0.370 e. The van der Waals surface area contributed by atoms with Gasteiger partial charge in [-0.05, 0) is 18.2 Å². The molecule has 0 spiro atoms. The number of aliphatic hydroxyl groups is 1. The summed E-state index contributed by atoms with van der Waals surface area (Å²) in [6.45, 7) is 3.19. The van der Waals surface area contributed by atoms with Gasteiger partial charge in [-0.1, -0.05) is 12.7 Å². The SMILES string of the molecule is C=CC(=O)/C=C\C=C(\O)C(=O)O. The molecule has 0 radical (unpaired) electrons. The number of hydrogen-bond acceptors (Lipinski definition) is 3. The van der Waals surface area contributed by atoms with E-state index in [4.69, 9.17) is 10.2 Å². The van der Waals surface area contributed by atoms with Crippen LogP contribution in [-0.4, -0.2) is 22.0 Å². The third-order valence-corrected chi connectivity index (χ3v) is 0.935. The predicted molar refractivity (Wildman–Crippen MR) is 42.7 cm³/mol. The zero-order valence-corrected chi connectivity index (χ0v) is 6.23. The second-order valence-corrected chi connectivity index (χ2v) is 1.82. The van der Waals surface area contributed by atoms with Gasteiger partial charge in [0.25, 0.3) is 0 Å². The van der Waals surface area contributed by atoms with Crippen molar-refractivity contribution in [3.63, 3.8) is 0 Å². The molecule has 2 N–H and O–H groups in total. The van der Waals surface area contributed by atoms with Crippen molar-refractivity contribution in [2.75, 3.05) is 0 Å². The van der Waals surface area contributed by atoms with Crippen LogP contribution < -0.4 is 0 Å². The Kier molecular flexibility index (Phi) is 4.15. The van der Waals surface area contributed by atoms with Crippen LogP contribution in [0.1, 0.15) is 0 Å². The molecule has 4 heteroatoms. The largest absolute Gasteiger partial charge is 0.502 e. The maximum atomic E-state index is 10.5. The molecule has 0 bridgehead atoms. The third kappa shape index (κ3) is 4.05. The lowest BCUT2D eigenvalue weighted by atomic mass is 10.3. The lowest BCUT2D eigenvalue weighted by Gasteiger charge is -1.85. The number of carbonyl (C=O) groups excluding carboxylic acids is 1. The molecule has 0 aromatic heterocycles.